The summed E-state index contributed by atoms with van der Waals surface area (Å²) in [6, 6.07) is 18.1. The van der Waals surface area contributed by atoms with Crippen LogP contribution in [0.3, 0.4) is 0 Å². The average molecular weight is 319 g/mol. The zero-order valence-corrected chi connectivity index (χ0v) is 13.1. The maximum atomic E-state index is 12.2. The van der Waals surface area contributed by atoms with Crippen LogP contribution in [-0.2, 0) is 11.3 Å². The van der Waals surface area contributed by atoms with Gasteiger partial charge in [-0.2, -0.15) is 5.26 Å². The Kier molecular flexibility index (Phi) is 4.57. The number of benzene rings is 2. The molecule has 2 amide bonds. The van der Waals surface area contributed by atoms with E-state index in [1.165, 1.54) is 0 Å². The van der Waals surface area contributed by atoms with Crippen molar-refractivity contribution in [3.05, 3.63) is 71.3 Å². The van der Waals surface area contributed by atoms with Gasteiger partial charge in [-0.3, -0.25) is 9.59 Å². The van der Waals surface area contributed by atoms with Crippen LogP contribution in [0.15, 0.2) is 54.6 Å². The van der Waals surface area contributed by atoms with E-state index in [1.807, 2.05) is 36.4 Å². The van der Waals surface area contributed by atoms with E-state index in [-0.39, 0.29) is 17.9 Å². The predicted octanol–water partition coefficient (Wildman–Crippen LogP) is 2.09. The fraction of sp³-hybridized carbons (Fsp3) is 0.211. The van der Waals surface area contributed by atoms with E-state index in [1.54, 1.807) is 29.2 Å². The summed E-state index contributed by atoms with van der Waals surface area (Å²) >= 11 is 0. The smallest absolute Gasteiger partial charge is 0.251 e. The normalized spacial score (nSPS) is 16.7. The highest BCUT2D eigenvalue weighted by molar-refractivity contribution is 5.95. The number of carbonyl (C=O) groups excluding carboxylic acids is 2. The van der Waals surface area contributed by atoms with Gasteiger partial charge in [0.15, 0.2) is 0 Å². The molecule has 24 heavy (non-hydrogen) atoms. The Morgan fingerprint density at radius 2 is 1.88 bits per heavy atom. The average Bonchev–Trinajstić information content (AvgIpc) is 2.95. The molecular weight excluding hydrogens is 302 g/mol. The van der Waals surface area contributed by atoms with Crippen LogP contribution in [0.1, 0.15) is 27.9 Å². The third-order valence-electron chi connectivity index (χ3n) is 4.04. The van der Waals surface area contributed by atoms with Crippen molar-refractivity contribution in [3.63, 3.8) is 0 Å². The van der Waals surface area contributed by atoms with Gasteiger partial charge in [-0.15, -0.1) is 0 Å². The lowest BCUT2D eigenvalue weighted by molar-refractivity contribution is -0.128. The van der Waals surface area contributed by atoms with Crippen LogP contribution in [0.2, 0.25) is 0 Å². The van der Waals surface area contributed by atoms with Gasteiger partial charge in [0.1, 0.15) is 0 Å². The molecule has 5 nitrogen and oxygen atoms in total. The zero-order chi connectivity index (χ0) is 16.9. The quantitative estimate of drug-likeness (QED) is 0.938. The van der Waals surface area contributed by atoms with Gasteiger partial charge in [-0.1, -0.05) is 30.3 Å². The maximum Gasteiger partial charge on any atom is 0.251 e. The summed E-state index contributed by atoms with van der Waals surface area (Å²) in [5.41, 5.74) is 2.07. The lowest BCUT2D eigenvalue weighted by Gasteiger charge is -2.17. The second kappa shape index (κ2) is 6.97. The van der Waals surface area contributed by atoms with Gasteiger partial charge < -0.3 is 10.2 Å². The Morgan fingerprint density at radius 1 is 1.17 bits per heavy atom. The Bertz CT molecular complexity index is 779. The van der Waals surface area contributed by atoms with Gasteiger partial charge in [0, 0.05) is 25.1 Å². The van der Waals surface area contributed by atoms with Crippen LogP contribution in [0.4, 0.5) is 0 Å². The summed E-state index contributed by atoms with van der Waals surface area (Å²) in [6.45, 7) is 1.07. The first-order chi connectivity index (χ1) is 11.7. The molecule has 0 radical (unpaired) electrons. The van der Waals surface area contributed by atoms with Gasteiger partial charge in [0.05, 0.1) is 17.7 Å². The molecule has 0 aromatic heterocycles. The van der Waals surface area contributed by atoms with E-state index in [2.05, 4.69) is 5.32 Å². The number of likely N-dealkylation sites (tertiary alicyclic amines) is 1. The Morgan fingerprint density at radius 3 is 2.54 bits per heavy atom. The molecule has 1 aliphatic heterocycles. The second-order valence-corrected chi connectivity index (χ2v) is 5.82. The summed E-state index contributed by atoms with van der Waals surface area (Å²) in [4.78, 5) is 26.1. The molecule has 5 heteroatoms. The highest BCUT2D eigenvalue weighted by Gasteiger charge is 2.30. The fourth-order valence-electron chi connectivity index (χ4n) is 2.79. The molecule has 0 bridgehead atoms. The van der Waals surface area contributed by atoms with Crippen molar-refractivity contribution in [1.29, 1.82) is 5.26 Å². The molecule has 1 aliphatic rings. The van der Waals surface area contributed by atoms with Crippen molar-refractivity contribution in [2.24, 2.45) is 0 Å². The first kappa shape index (κ1) is 15.8. The van der Waals surface area contributed by atoms with Gasteiger partial charge in [0.25, 0.3) is 5.91 Å². The number of amides is 2. The highest BCUT2D eigenvalue weighted by atomic mass is 16.2. The Hall–Kier alpha value is -3.13. The molecule has 1 heterocycles. The molecule has 1 saturated heterocycles. The molecule has 0 aliphatic carbocycles. The maximum absolute atomic E-state index is 12.2. The van der Waals surface area contributed by atoms with Crippen LogP contribution in [0.5, 0.6) is 0 Å². The molecule has 2 aromatic rings. The molecule has 1 N–H and O–H groups in total. The lowest BCUT2D eigenvalue weighted by atomic mass is 10.1. The van der Waals surface area contributed by atoms with Crippen LogP contribution >= 0.6 is 0 Å². The van der Waals surface area contributed by atoms with Crippen molar-refractivity contribution in [2.45, 2.75) is 19.0 Å². The molecule has 1 atom stereocenters. The standard InChI is InChI=1S/C19H17N3O2/c20-11-14-6-8-16(9-7-14)19(24)21-17-10-18(23)22(13-17)12-15-4-2-1-3-5-15/h1-9,17H,10,12-13H2,(H,21,24)/t17-/m0/s1. The first-order valence-electron chi connectivity index (χ1n) is 7.78. The molecule has 0 unspecified atom stereocenters. The van der Waals surface area contributed by atoms with E-state index in [4.69, 9.17) is 5.26 Å². The van der Waals surface area contributed by atoms with Crippen molar-refractivity contribution in [3.8, 4) is 6.07 Å². The van der Waals surface area contributed by atoms with E-state index in [0.29, 0.717) is 30.6 Å². The molecule has 2 aromatic carbocycles. The molecule has 3 rings (SSSR count). The van der Waals surface area contributed by atoms with Crippen LogP contribution < -0.4 is 5.32 Å². The summed E-state index contributed by atoms with van der Waals surface area (Å²) < 4.78 is 0. The van der Waals surface area contributed by atoms with Gasteiger partial charge in [-0.25, -0.2) is 0 Å². The van der Waals surface area contributed by atoms with Crippen LogP contribution in [0.25, 0.3) is 0 Å². The number of nitrogens with one attached hydrogen (secondary N) is 1. The third-order valence-corrected chi connectivity index (χ3v) is 4.04. The highest BCUT2D eigenvalue weighted by Crippen LogP contribution is 2.15. The number of nitrogens with zero attached hydrogens (tertiary/aromatic N) is 2. The Labute approximate surface area is 140 Å². The zero-order valence-electron chi connectivity index (χ0n) is 13.1. The Balaban J connectivity index is 1.59. The minimum atomic E-state index is -0.223. The number of rotatable bonds is 4. The molecule has 120 valence electrons. The second-order valence-electron chi connectivity index (χ2n) is 5.82. The topological polar surface area (TPSA) is 73.2 Å². The largest absolute Gasteiger partial charge is 0.347 e. The predicted molar refractivity (Wildman–Crippen MR) is 88.9 cm³/mol. The van der Waals surface area contributed by atoms with Gasteiger partial charge >= 0.3 is 0 Å². The number of nitriles is 1. The van der Waals surface area contributed by atoms with E-state index < -0.39 is 0 Å². The third kappa shape index (κ3) is 3.61. The first-order valence-corrected chi connectivity index (χ1v) is 7.78. The summed E-state index contributed by atoms with van der Waals surface area (Å²) in [5.74, 6) is -0.178. The minimum Gasteiger partial charge on any atom is -0.347 e. The van der Waals surface area contributed by atoms with E-state index in [9.17, 15) is 9.59 Å². The molecule has 0 saturated carbocycles. The fourth-order valence-corrected chi connectivity index (χ4v) is 2.79. The summed E-state index contributed by atoms with van der Waals surface area (Å²) in [7, 11) is 0. The van der Waals surface area contributed by atoms with Crippen LogP contribution in [-0.4, -0.2) is 29.3 Å². The van der Waals surface area contributed by atoms with Crippen LogP contribution in [0, 0.1) is 11.3 Å². The van der Waals surface area contributed by atoms with Crippen molar-refractivity contribution in [1.82, 2.24) is 10.2 Å². The number of hydrogen-bond acceptors (Lipinski definition) is 3. The van der Waals surface area contributed by atoms with Crippen molar-refractivity contribution >= 4 is 11.8 Å². The minimum absolute atomic E-state index is 0.0454. The van der Waals surface area contributed by atoms with Crippen molar-refractivity contribution < 1.29 is 9.59 Å². The lowest BCUT2D eigenvalue weighted by Crippen LogP contribution is -2.37. The number of hydrogen-bond donors (Lipinski definition) is 1. The van der Waals surface area contributed by atoms with Gasteiger partial charge in [0.2, 0.25) is 5.91 Å². The van der Waals surface area contributed by atoms with Gasteiger partial charge in [-0.05, 0) is 29.8 Å². The number of carbonyl (C=O) groups is 2. The molecular formula is C19H17N3O2. The molecule has 0 spiro atoms. The van der Waals surface area contributed by atoms with E-state index >= 15 is 0 Å². The van der Waals surface area contributed by atoms with Crippen molar-refractivity contribution in [2.75, 3.05) is 6.54 Å². The van der Waals surface area contributed by atoms with E-state index in [0.717, 1.165) is 5.56 Å². The molecule has 1 fully saturated rings. The monoisotopic (exact) mass is 319 g/mol. The SMILES string of the molecule is N#Cc1ccc(C(=O)N[C@H]2CC(=O)N(Cc3ccccc3)C2)cc1. The summed E-state index contributed by atoms with van der Waals surface area (Å²) in [6.07, 6.45) is 0.314. The summed E-state index contributed by atoms with van der Waals surface area (Å²) in [5, 5.41) is 11.7.